The lowest BCUT2D eigenvalue weighted by Gasteiger charge is -2.10. The Labute approximate surface area is 145 Å². The second-order valence-electron chi connectivity index (χ2n) is 5.60. The molecule has 0 saturated carbocycles. The van der Waals surface area contributed by atoms with Crippen molar-refractivity contribution >= 4 is 17.7 Å². The van der Waals surface area contributed by atoms with E-state index in [1.54, 1.807) is 0 Å². The molecule has 2 aromatic rings. The van der Waals surface area contributed by atoms with E-state index in [1.165, 1.54) is 11.8 Å². The molecule has 0 aliphatic carbocycles. The Morgan fingerprint density at radius 1 is 1.33 bits per heavy atom. The van der Waals surface area contributed by atoms with Crippen LogP contribution < -0.4 is 10.1 Å². The standard InChI is InChI=1S/C17H21N3O3S/c1-2-22-14-9-4-3-8-13(14)16-19-20-17(23-16)24-11-12-7-5-6-10-18-15(12)21/h3-4,8-9,12H,2,5-7,10-11H2,1H3,(H,18,21). The van der Waals surface area contributed by atoms with E-state index in [9.17, 15) is 4.79 Å². The van der Waals surface area contributed by atoms with Gasteiger partial charge in [0.25, 0.3) is 11.1 Å². The van der Waals surface area contributed by atoms with Gasteiger partial charge in [-0.1, -0.05) is 30.3 Å². The number of carbonyl (C=O) groups excluding carboxylic acids is 1. The van der Waals surface area contributed by atoms with E-state index in [0.717, 1.165) is 37.1 Å². The van der Waals surface area contributed by atoms with Crippen LogP contribution in [0.3, 0.4) is 0 Å². The van der Waals surface area contributed by atoms with Crippen LogP contribution in [0.5, 0.6) is 5.75 Å². The van der Waals surface area contributed by atoms with E-state index >= 15 is 0 Å². The van der Waals surface area contributed by atoms with Crippen LogP contribution in [0.1, 0.15) is 26.2 Å². The van der Waals surface area contributed by atoms with Gasteiger partial charge in [-0.05, 0) is 31.9 Å². The zero-order valence-electron chi connectivity index (χ0n) is 13.7. The maximum absolute atomic E-state index is 12.0. The Morgan fingerprint density at radius 2 is 2.21 bits per heavy atom. The number of rotatable bonds is 6. The Kier molecular flexibility index (Phi) is 5.74. The summed E-state index contributed by atoms with van der Waals surface area (Å²) in [4.78, 5) is 12.0. The largest absolute Gasteiger partial charge is 0.493 e. The number of ether oxygens (including phenoxy) is 1. The van der Waals surface area contributed by atoms with Crippen LogP contribution >= 0.6 is 11.8 Å². The fraction of sp³-hybridized carbons (Fsp3) is 0.471. The number of hydrogen-bond donors (Lipinski definition) is 1. The van der Waals surface area contributed by atoms with Crippen LogP contribution in [0.25, 0.3) is 11.5 Å². The van der Waals surface area contributed by atoms with Crippen LogP contribution in [-0.4, -0.2) is 35.0 Å². The average Bonchev–Trinajstić information content (AvgIpc) is 2.97. The zero-order chi connectivity index (χ0) is 16.8. The van der Waals surface area contributed by atoms with Crippen molar-refractivity contribution in [1.82, 2.24) is 15.5 Å². The number of para-hydroxylation sites is 1. The third-order valence-corrected chi connectivity index (χ3v) is 4.86. The number of hydrogen-bond acceptors (Lipinski definition) is 6. The molecule has 6 nitrogen and oxygen atoms in total. The highest BCUT2D eigenvalue weighted by molar-refractivity contribution is 7.99. The number of aromatic nitrogens is 2. The van der Waals surface area contributed by atoms with Crippen LogP contribution in [0, 0.1) is 5.92 Å². The minimum absolute atomic E-state index is 0.00330. The molecule has 1 fully saturated rings. The maximum atomic E-state index is 12.0. The fourth-order valence-electron chi connectivity index (χ4n) is 2.64. The van der Waals surface area contributed by atoms with Crippen LogP contribution in [0.15, 0.2) is 33.9 Å². The summed E-state index contributed by atoms with van der Waals surface area (Å²) in [6, 6.07) is 7.59. The molecule has 0 spiro atoms. The van der Waals surface area contributed by atoms with Gasteiger partial charge in [-0.15, -0.1) is 10.2 Å². The summed E-state index contributed by atoms with van der Waals surface area (Å²) >= 11 is 1.43. The smallest absolute Gasteiger partial charge is 0.276 e. The lowest BCUT2D eigenvalue weighted by Crippen LogP contribution is -2.30. The van der Waals surface area contributed by atoms with Crippen LogP contribution in [0.4, 0.5) is 0 Å². The fourth-order valence-corrected chi connectivity index (χ4v) is 3.53. The van der Waals surface area contributed by atoms with E-state index in [2.05, 4.69) is 15.5 Å². The van der Waals surface area contributed by atoms with Crippen molar-refractivity contribution in [3.05, 3.63) is 24.3 Å². The second-order valence-corrected chi connectivity index (χ2v) is 6.57. The Balaban J connectivity index is 1.66. The topological polar surface area (TPSA) is 77.3 Å². The molecule has 1 N–H and O–H groups in total. The summed E-state index contributed by atoms with van der Waals surface area (Å²) in [6.07, 6.45) is 3.03. The van der Waals surface area contributed by atoms with Crippen molar-refractivity contribution in [2.45, 2.75) is 31.4 Å². The number of benzene rings is 1. The van der Waals surface area contributed by atoms with Gasteiger partial charge in [0.15, 0.2) is 0 Å². The monoisotopic (exact) mass is 347 g/mol. The number of carbonyl (C=O) groups is 1. The number of nitrogens with zero attached hydrogens (tertiary/aromatic N) is 2. The quantitative estimate of drug-likeness (QED) is 0.809. The van der Waals surface area contributed by atoms with Crippen molar-refractivity contribution in [1.29, 1.82) is 0 Å². The Bertz CT molecular complexity index is 689. The molecule has 0 radical (unpaired) electrons. The van der Waals surface area contributed by atoms with Gasteiger partial charge >= 0.3 is 0 Å². The van der Waals surface area contributed by atoms with E-state index < -0.39 is 0 Å². The van der Waals surface area contributed by atoms with E-state index in [-0.39, 0.29) is 11.8 Å². The third-order valence-electron chi connectivity index (χ3n) is 3.88. The summed E-state index contributed by atoms with van der Waals surface area (Å²) in [5, 5.41) is 11.6. The molecule has 1 amide bonds. The van der Waals surface area contributed by atoms with Gasteiger partial charge in [0.1, 0.15) is 5.75 Å². The minimum Gasteiger partial charge on any atom is -0.493 e. The first-order valence-electron chi connectivity index (χ1n) is 8.24. The van der Waals surface area contributed by atoms with E-state index in [4.69, 9.17) is 9.15 Å². The van der Waals surface area contributed by atoms with Crippen LogP contribution in [-0.2, 0) is 4.79 Å². The van der Waals surface area contributed by atoms with Crippen molar-refractivity contribution in [3.8, 4) is 17.2 Å². The average molecular weight is 347 g/mol. The van der Waals surface area contributed by atoms with Gasteiger partial charge in [-0.2, -0.15) is 0 Å². The summed E-state index contributed by atoms with van der Waals surface area (Å²) in [6.45, 7) is 3.28. The lowest BCUT2D eigenvalue weighted by atomic mass is 10.1. The van der Waals surface area contributed by atoms with Crippen molar-refractivity contribution in [2.24, 2.45) is 5.92 Å². The zero-order valence-corrected chi connectivity index (χ0v) is 14.5. The molecular formula is C17H21N3O3S. The normalized spacial score (nSPS) is 18.0. The highest BCUT2D eigenvalue weighted by atomic mass is 32.2. The molecule has 1 aromatic carbocycles. The van der Waals surface area contributed by atoms with Crippen LogP contribution in [0.2, 0.25) is 0 Å². The molecule has 1 atom stereocenters. The summed E-state index contributed by atoms with van der Waals surface area (Å²) in [5.41, 5.74) is 0.783. The molecule has 1 aromatic heterocycles. The Morgan fingerprint density at radius 3 is 3.08 bits per heavy atom. The van der Waals surface area contributed by atoms with Gasteiger partial charge < -0.3 is 14.5 Å². The second kappa shape index (κ2) is 8.19. The third kappa shape index (κ3) is 4.08. The molecule has 24 heavy (non-hydrogen) atoms. The summed E-state index contributed by atoms with van der Waals surface area (Å²) in [5.74, 6) is 1.95. The molecule has 1 unspecified atom stereocenters. The summed E-state index contributed by atoms with van der Waals surface area (Å²) in [7, 11) is 0. The molecule has 128 valence electrons. The van der Waals surface area contributed by atoms with Crippen molar-refractivity contribution in [2.75, 3.05) is 18.9 Å². The molecule has 1 aliphatic rings. The van der Waals surface area contributed by atoms with Gasteiger partial charge in [0, 0.05) is 18.2 Å². The summed E-state index contributed by atoms with van der Waals surface area (Å²) < 4.78 is 11.3. The number of thioether (sulfide) groups is 1. The van der Waals surface area contributed by atoms with Crippen molar-refractivity contribution < 1.29 is 13.9 Å². The Hall–Kier alpha value is -2.02. The maximum Gasteiger partial charge on any atom is 0.276 e. The highest BCUT2D eigenvalue weighted by Gasteiger charge is 2.22. The first-order valence-corrected chi connectivity index (χ1v) is 9.22. The minimum atomic E-state index is 0.00330. The van der Waals surface area contributed by atoms with Gasteiger partial charge in [0.2, 0.25) is 5.91 Å². The predicted molar refractivity (Wildman–Crippen MR) is 92.0 cm³/mol. The first-order chi connectivity index (χ1) is 11.8. The number of nitrogens with one attached hydrogen (secondary N) is 1. The van der Waals surface area contributed by atoms with Gasteiger partial charge in [-0.25, -0.2) is 0 Å². The molecule has 0 bridgehead atoms. The van der Waals surface area contributed by atoms with Crippen molar-refractivity contribution in [3.63, 3.8) is 0 Å². The number of amides is 1. The SMILES string of the molecule is CCOc1ccccc1-c1nnc(SCC2CCCCNC2=O)o1. The van der Waals surface area contributed by atoms with E-state index in [0.29, 0.717) is 23.5 Å². The lowest BCUT2D eigenvalue weighted by molar-refractivity contribution is -0.123. The molecule has 2 heterocycles. The molecule has 7 heteroatoms. The van der Waals surface area contributed by atoms with E-state index in [1.807, 2.05) is 31.2 Å². The highest BCUT2D eigenvalue weighted by Crippen LogP contribution is 2.31. The first kappa shape index (κ1) is 16.8. The molecule has 3 rings (SSSR count). The predicted octanol–water partition coefficient (Wildman–Crippen LogP) is 3.14. The molecular weight excluding hydrogens is 326 g/mol. The van der Waals surface area contributed by atoms with Gasteiger partial charge in [-0.3, -0.25) is 4.79 Å². The molecule has 1 saturated heterocycles. The molecule has 1 aliphatic heterocycles. The van der Waals surface area contributed by atoms with Gasteiger partial charge in [0.05, 0.1) is 12.2 Å².